The van der Waals surface area contributed by atoms with Crippen LogP contribution in [-0.4, -0.2) is 48.4 Å². The van der Waals surface area contributed by atoms with Crippen LogP contribution in [-0.2, 0) is 4.74 Å². The van der Waals surface area contributed by atoms with E-state index in [1.165, 1.54) is 18.2 Å². The smallest absolute Gasteiger partial charge is 0.232 e. The number of anilines is 2. The lowest BCUT2D eigenvalue weighted by molar-refractivity contribution is -0.0672. The maximum Gasteiger partial charge on any atom is 0.232 e. The Kier molecular flexibility index (Phi) is 8.79. The molecule has 9 heteroatoms. The number of nitrogens with one attached hydrogen (secondary N) is 1. The Bertz CT molecular complexity index is 947. The summed E-state index contributed by atoms with van der Waals surface area (Å²) in [5, 5.41) is 13.9. The number of nitrogens with zero attached hydrogens (tertiary/aromatic N) is 3. The molecule has 0 spiro atoms. The van der Waals surface area contributed by atoms with Gasteiger partial charge in [0, 0.05) is 49.2 Å². The van der Waals surface area contributed by atoms with Gasteiger partial charge in [-0.2, -0.15) is 5.06 Å². The lowest BCUT2D eigenvalue weighted by Crippen LogP contribution is -2.20. The minimum Gasteiger partial charge on any atom is -0.476 e. The van der Waals surface area contributed by atoms with E-state index in [4.69, 9.17) is 22.1 Å². The number of hydroxylamine groups is 2. The van der Waals surface area contributed by atoms with Crippen molar-refractivity contribution in [3.63, 3.8) is 0 Å². The molecule has 0 unspecified atom stereocenters. The molecule has 7 nitrogen and oxygen atoms in total. The van der Waals surface area contributed by atoms with Gasteiger partial charge in [0.1, 0.15) is 17.3 Å². The lowest BCUT2D eigenvalue weighted by Gasteiger charge is -2.16. The second kappa shape index (κ2) is 11.3. The molecule has 0 aliphatic heterocycles. The SMILES string of the molecule is C=C(/C=C(/Nc1ccnc(N)c1)C(=NC)OCCCN(C)O)c1cc(Cl)ccc1F. The predicted octanol–water partition coefficient (Wildman–Crippen LogP) is 4.22. The Hall–Kier alpha value is -2.94. The maximum absolute atomic E-state index is 14.3. The van der Waals surface area contributed by atoms with Crippen LogP contribution in [0.25, 0.3) is 5.57 Å². The zero-order chi connectivity index (χ0) is 22.1. The highest BCUT2D eigenvalue weighted by molar-refractivity contribution is 6.30. The van der Waals surface area contributed by atoms with Crippen molar-refractivity contribution in [2.75, 3.05) is 38.3 Å². The number of aromatic nitrogens is 1. The summed E-state index contributed by atoms with van der Waals surface area (Å²) in [5.41, 5.74) is 7.48. The van der Waals surface area contributed by atoms with Crippen LogP contribution in [0.2, 0.25) is 5.02 Å². The Balaban J connectivity index is 2.32. The molecule has 1 heterocycles. The minimum atomic E-state index is -0.449. The summed E-state index contributed by atoms with van der Waals surface area (Å²) in [6.45, 7) is 4.71. The largest absolute Gasteiger partial charge is 0.476 e. The molecule has 0 aliphatic carbocycles. The van der Waals surface area contributed by atoms with Gasteiger partial charge >= 0.3 is 0 Å². The third-order valence-corrected chi connectivity index (χ3v) is 4.19. The van der Waals surface area contributed by atoms with E-state index in [9.17, 15) is 9.60 Å². The molecule has 0 fully saturated rings. The third-order valence-electron chi connectivity index (χ3n) is 3.95. The number of hydrogen-bond acceptors (Lipinski definition) is 7. The highest BCUT2D eigenvalue weighted by atomic mass is 35.5. The Morgan fingerprint density at radius 1 is 1.43 bits per heavy atom. The van der Waals surface area contributed by atoms with E-state index in [-0.39, 0.29) is 11.5 Å². The average Bonchev–Trinajstić information content (AvgIpc) is 2.69. The van der Waals surface area contributed by atoms with Crippen LogP contribution >= 0.6 is 11.6 Å². The van der Waals surface area contributed by atoms with Gasteiger partial charge in [-0.05, 0) is 42.3 Å². The number of nitrogens with two attached hydrogens (primary N) is 1. The van der Waals surface area contributed by atoms with Crippen molar-refractivity contribution in [3.8, 4) is 0 Å². The average molecular weight is 434 g/mol. The number of aliphatic imine (C=N–C) groups is 1. The van der Waals surface area contributed by atoms with Crippen molar-refractivity contribution in [2.45, 2.75) is 6.42 Å². The second-order valence-corrected chi connectivity index (χ2v) is 6.85. The summed E-state index contributed by atoms with van der Waals surface area (Å²) in [5.74, 6) is 0.172. The molecule has 0 saturated carbocycles. The highest BCUT2D eigenvalue weighted by Crippen LogP contribution is 2.24. The lowest BCUT2D eigenvalue weighted by atomic mass is 10.1. The number of hydrogen-bond donors (Lipinski definition) is 3. The van der Waals surface area contributed by atoms with Crippen molar-refractivity contribution in [3.05, 3.63) is 71.3 Å². The highest BCUT2D eigenvalue weighted by Gasteiger charge is 2.13. The topological polar surface area (TPSA) is 96.0 Å². The Morgan fingerprint density at radius 3 is 2.87 bits per heavy atom. The predicted molar refractivity (Wildman–Crippen MR) is 119 cm³/mol. The van der Waals surface area contributed by atoms with Crippen LogP contribution < -0.4 is 11.1 Å². The molecule has 30 heavy (non-hydrogen) atoms. The molecular weight excluding hydrogens is 409 g/mol. The fourth-order valence-electron chi connectivity index (χ4n) is 2.55. The molecule has 0 bridgehead atoms. The van der Waals surface area contributed by atoms with E-state index < -0.39 is 5.82 Å². The van der Waals surface area contributed by atoms with Gasteiger partial charge in [0.15, 0.2) is 0 Å². The number of ether oxygens (including phenoxy) is 1. The van der Waals surface area contributed by atoms with E-state index >= 15 is 0 Å². The number of halogens is 2. The molecule has 160 valence electrons. The Morgan fingerprint density at radius 2 is 2.20 bits per heavy atom. The summed E-state index contributed by atoms with van der Waals surface area (Å²) in [6.07, 6.45) is 3.75. The first-order valence-electron chi connectivity index (χ1n) is 9.14. The minimum absolute atomic E-state index is 0.258. The first-order valence-corrected chi connectivity index (χ1v) is 9.52. The molecule has 1 aromatic heterocycles. The zero-order valence-corrected chi connectivity index (χ0v) is 17.7. The molecule has 0 atom stereocenters. The summed E-state index contributed by atoms with van der Waals surface area (Å²) in [7, 11) is 3.13. The van der Waals surface area contributed by atoms with E-state index in [0.717, 1.165) is 5.06 Å². The summed E-state index contributed by atoms with van der Waals surface area (Å²) >= 11 is 6.01. The molecule has 1 aromatic carbocycles. The van der Waals surface area contributed by atoms with Crippen LogP contribution in [0.4, 0.5) is 15.9 Å². The van der Waals surface area contributed by atoms with Gasteiger partial charge in [-0.25, -0.2) is 9.37 Å². The monoisotopic (exact) mass is 433 g/mol. The first-order chi connectivity index (χ1) is 14.3. The van der Waals surface area contributed by atoms with Gasteiger partial charge in [-0.1, -0.05) is 18.2 Å². The number of benzene rings is 1. The molecule has 0 radical (unpaired) electrons. The van der Waals surface area contributed by atoms with Gasteiger partial charge in [0.05, 0.1) is 6.61 Å². The van der Waals surface area contributed by atoms with Gasteiger partial charge in [-0.15, -0.1) is 0 Å². The molecule has 2 aromatic rings. The van der Waals surface area contributed by atoms with Gasteiger partial charge in [0.2, 0.25) is 5.90 Å². The first kappa shape index (κ1) is 23.3. The van der Waals surface area contributed by atoms with Crippen LogP contribution in [0.1, 0.15) is 12.0 Å². The molecular formula is C21H25ClFN5O2. The zero-order valence-electron chi connectivity index (χ0n) is 16.9. The molecule has 4 N–H and O–H groups in total. The quantitative estimate of drug-likeness (QED) is 0.180. The second-order valence-electron chi connectivity index (χ2n) is 6.41. The number of rotatable bonds is 9. The standard InChI is InChI=1S/C21H25ClFN5O2/c1-14(17-12-15(22)5-6-18(17)23)11-19(27-16-7-8-26-20(24)13-16)21(25-2)30-10-4-9-28(3)29/h5-8,11-13,29H,1,4,9-10H2,2-3H3,(H3,24,26,27)/b19-11+,25-21?. The van der Waals surface area contributed by atoms with Crippen LogP contribution in [0, 0.1) is 5.82 Å². The van der Waals surface area contributed by atoms with Crippen LogP contribution in [0.3, 0.4) is 0 Å². The maximum atomic E-state index is 14.3. The number of nitrogen functional groups attached to an aromatic ring is 1. The van der Waals surface area contributed by atoms with Crippen molar-refractivity contribution in [1.29, 1.82) is 0 Å². The van der Waals surface area contributed by atoms with Crippen LogP contribution in [0.15, 0.2) is 59.9 Å². The third kappa shape index (κ3) is 7.14. The summed E-state index contributed by atoms with van der Waals surface area (Å²) in [4.78, 5) is 8.16. The van der Waals surface area contributed by atoms with Crippen molar-refractivity contribution in [1.82, 2.24) is 10.0 Å². The van der Waals surface area contributed by atoms with Gasteiger partial charge in [-0.3, -0.25) is 4.99 Å². The number of pyridine rings is 1. The fraction of sp³-hybridized carbons (Fsp3) is 0.238. The van der Waals surface area contributed by atoms with Crippen LogP contribution in [0.5, 0.6) is 0 Å². The summed E-state index contributed by atoms with van der Waals surface area (Å²) < 4.78 is 20.0. The van der Waals surface area contributed by atoms with E-state index in [1.807, 2.05) is 0 Å². The summed E-state index contributed by atoms with van der Waals surface area (Å²) in [6, 6.07) is 7.62. The van der Waals surface area contributed by atoms with Crippen molar-refractivity contribution >= 4 is 34.6 Å². The fourth-order valence-corrected chi connectivity index (χ4v) is 2.73. The molecule has 0 saturated heterocycles. The van der Waals surface area contributed by atoms with E-state index in [2.05, 4.69) is 21.9 Å². The van der Waals surface area contributed by atoms with Gasteiger partial charge < -0.3 is 21.0 Å². The van der Waals surface area contributed by atoms with Crippen molar-refractivity contribution < 1.29 is 14.3 Å². The van der Waals surface area contributed by atoms with Crippen molar-refractivity contribution in [2.24, 2.45) is 4.99 Å². The van der Waals surface area contributed by atoms with E-state index in [1.54, 1.807) is 38.5 Å². The molecule has 2 rings (SSSR count). The van der Waals surface area contributed by atoms with E-state index in [0.29, 0.717) is 47.4 Å². The molecule has 0 amide bonds. The Labute approximate surface area is 180 Å². The molecule has 0 aliphatic rings. The van der Waals surface area contributed by atoms with Gasteiger partial charge in [0.25, 0.3) is 0 Å². The number of allylic oxidation sites excluding steroid dienone is 2. The normalized spacial score (nSPS) is 12.2.